The molecule has 0 spiro atoms. The van der Waals surface area contributed by atoms with E-state index in [9.17, 15) is 10.1 Å². The molecule has 0 radical (unpaired) electrons. The van der Waals surface area contributed by atoms with Gasteiger partial charge in [0.05, 0.1) is 28.9 Å². The van der Waals surface area contributed by atoms with Crippen molar-refractivity contribution in [1.29, 1.82) is 5.26 Å². The second kappa shape index (κ2) is 10.4. The molecule has 8 heteroatoms. The maximum atomic E-state index is 12.5. The van der Waals surface area contributed by atoms with Gasteiger partial charge in [0.15, 0.2) is 11.5 Å². The summed E-state index contributed by atoms with van der Waals surface area (Å²) in [7, 11) is 0. The summed E-state index contributed by atoms with van der Waals surface area (Å²) in [6, 6.07) is 10.2. The second-order valence-electron chi connectivity index (χ2n) is 5.41. The van der Waals surface area contributed by atoms with Crippen LogP contribution >= 0.6 is 39.1 Å². The molecule has 146 valence electrons. The number of hydrogen-bond donors (Lipinski definition) is 1. The van der Waals surface area contributed by atoms with Gasteiger partial charge in [0.1, 0.15) is 11.6 Å². The van der Waals surface area contributed by atoms with E-state index in [0.717, 1.165) is 0 Å². The van der Waals surface area contributed by atoms with Gasteiger partial charge >= 0.3 is 0 Å². The van der Waals surface area contributed by atoms with Gasteiger partial charge in [0.2, 0.25) is 0 Å². The summed E-state index contributed by atoms with van der Waals surface area (Å²) in [4.78, 5) is 12.5. The predicted octanol–water partition coefficient (Wildman–Crippen LogP) is 6.10. The number of ether oxygens (including phenoxy) is 2. The van der Waals surface area contributed by atoms with Gasteiger partial charge in [-0.05, 0) is 49.8 Å². The van der Waals surface area contributed by atoms with Crippen LogP contribution < -0.4 is 14.8 Å². The topological polar surface area (TPSA) is 71.3 Å². The van der Waals surface area contributed by atoms with E-state index in [1.165, 1.54) is 6.08 Å². The standard InChI is InChI=1S/C20H17BrCl2N2O3/c1-3-27-17-9-12(14(21)10-18(17)28-4-2)8-13(11-24)20(26)25-16-7-5-6-15(22)19(16)23/h5-10H,3-4H2,1-2H3,(H,25,26)/b13-8-. The Bertz CT molecular complexity index is 955. The van der Waals surface area contributed by atoms with Crippen LogP contribution in [0.3, 0.4) is 0 Å². The van der Waals surface area contributed by atoms with Gasteiger partial charge in [0, 0.05) is 4.47 Å². The first-order valence-electron chi connectivity index (χ1n) is 8.37. The van der Waals surface area contributed by atoms with Gasteiger partial charge in [-0.3, -0.25) is 4.79 Å². The minimum Gasteiger partial charge on any atom is -0.490 e. The summed E-state index contributed by atoms with van der Waals surface area (Å²) in [5, 5.41) is 12.6. The highest BCUT2D eigenvalue weighted by Crippen LogP contribution is 2.35. The summed E-state index contributed by atoms with van der Waals surface area (Å²) < 4.78 is 11.8. The molecule has 0 aliphatic carbocycles. The zero-order chi connectivity index (χ0) is 20.7. The number of benzene rings is 2. The number of carbonyl (C=O) groups is 1. The number of nitrogens with zero attached hydrogens (tertiary/aromatic N) is 1. The zero-order valence-electron chi connectivity index (χ0n) is 15.2. The molecular weight excluding hydrogens is 467 g/mol. The molecule has 2 aromatic carbocycles. The lowest BCUT2D eigenvalue weighted by Gasteiger charge is -2.13. The minimum atomic E-state index is -0.606. The number of rotatable bonds is 7. The van der Waals surface area contributed by atoms with E-state index >= 15 is 0 Å². The molecule has 1 N–H and O–H groups in total. The van der Waals surface area contributed by atoms with Crippen LogP contribution in [0, 0.1) is 11.3 Å². The third kappa shape index (κ3) is 5.41. The van der Waals surface area contributed by atoms with Crippen LogP contribution in [0.1, 0.15) is 19.4 Å². The van der Waals surface area contributed by atoms with Gasteiger partial charge < -0.3 is 14.8 Å². The number of nitrogens with one attached hydrogen (secondary N) is 1. The Balaban J connectivity index is 2.37. The summed E-state index contributed by atoms with van der Waals surface area (Å²) >= 11 is 15.5. The Labute approximate surface area is 182 Å². The molecule has 1 amide bonds. The molecule has 0 heterocycles. The fourth-order valence-corrected chi connectivity index (χ4v) is 3.08. The van der Waals surface area contributed by atoms with Crippen molar-refractivity contribution in [3.05, 3.63) is 56.0 Å². The molecule has 0 fully saturated rings. The molecule has 0 unspecified atom stereocenters. The first-order chi connectivity index (χ1) is 13.4. The number of nitriles is 1. The van der Waals surface area contributed by atoms with Crippen molar-refractivity contribution in [2.45, 2.75) is 13.8 Å². The Morgan fingerprint density at radius 2 is 1.86 bits per heavy atom. The quantitative estimate of drug-likeness (QED) is 0.381. The highest BCUT2D eigenvalue weighted by molar-refractivity contribution is 9.10. The van der Waals surface area contributed by atoms with Crippen molar-refractivity contribution in [1.82, 2.24) is 0 Å². The maximum absolute atomic E-state index is 12.5. The first kappa shape index (κ1) is 22.1. The van der Waals surface area contributed by atoms with Crippen molar-refractivity contribution in [3.8, 4) is 17.6 Å². The highest BCUT2D eigenvalue weighted by atomic mass is 79.9. The lowest BCUT2D eigenvalue weighted by atomic mass is 10.1. The normalized spacial score (nSPS) is 10.9. The Kier molecular flexibility index (Phi) is 8.18. The van der Waals surface area contributed by atoms with E-state index < -0.39 is 5.91 Å². The Hall–Kier alpha value is -2.20. The third-order valence-corrected chi connectivity index (χ3v) is 5.03. The molecule has 2 rings (SSSR count). The van der Waals surface area contributed by atoms with Crippen LogP contribution in [-0.4, -0.2) is 19.1 Å². The van der Waals surface area contributed by atoms with Crippen LogP contribution in [0.15, 0.2) is 40.4 Å². The molecule has 28 heavy (non-hydrogen) atoms. The predicted molar refractivity (Wildman–Crippen MR) is 115 cm³/mol. The number of amides is 1. The van der Waals surface area contributed by atoms with Crippen LogP contribution in [0.5, 0.6) is 11.5 Å². The number of carbonyl (C=O) groups excluding carboxylic acids is 1. The summed E-state index contributed by atoms with van der Waals surface area (Å²) in [5.41, 5.74) is 0.806. The number of hydrogen-bond acceptors (Lipinski definition) is 4. The van der Waals surface area contributed by atoms with Crippen LogP contribution in [-0.2, 0) is 4.79 Å². The van der Waals surface area contributed by atoms with E-state index in [1.807, 2.05) is 19.9 Å². The van der Waals surface area contributed by atoms with Crippen molar-refractivity contribution in [3.63, 3.8) is 0 Å². The van der Waals surface area contributed by atoms with E-state index in [-0.39, 0.29) is 10.6 Å². The monoisotopic (exact) mass is 482 g/mol. The van der Waals surface area contributed by atoms with Crippen molar-refractivity contribution >= 4 is 56.8 Å². The average Bonchev–Trinajstić information content (AvgIpc) is 2.66. The maximum Gasteiger partial charge on any atom is 0.266 e. The number of halogens is 3. The fraction of sp³-hybridized carbons (Fsp3) is 0.200. The molecule has 0 atom stereocenters. The Morgan fingerprint density at radius 1 is 1.21 bits per heavy atom. The second-order valence-corrected chi connectivity index (χ2v) is 7.05. The van der Waals surface area contributed by atoms with E-state index in [2.05, 4.69) is 21.2 Å². The smallest absolute Gasteiger partial charge is 0.266 e. The lowest BCUT2D eigenvalue weighted by molar-refractivity contribution is -0.112. The summed E-state index contributed by atoms with van der Waals surface area (Å²) in [6.45, 7) is 4.66. The van der Waals surface area contributed by atoms with E-state index in [4.69, 9.17) is 32.7 Å². The van der Waals surface area contributed by atoms with Gasteiger partial charge in [-0.1, -0.05) is 45.2 Å². The van der Waals surface area contributed by atoms with Crippen LogP contribution in [0.25, 0.3) is 6.08 Å². The molecule has 0 saturated carbocycles. The van der Waals surface area contributed by atoms with E-state index in [0.29, 0.717) is 45.5 Å². The van der Waals surface area contributed by atoms with Crippen molar-refractivity contribution < 1.29 is 14.3 Å². The van der Waals surface area contributed by atoms with Gasteiger partial charge in [-0.15, -0.1) is 0 Å². The van der Waals surface area contributed by atoms with Gasteiger partial charge in [-0.2, -0.15) is 5.26 Å². The van der Waals surface area contributed by atoms with Crippen molar-refractivity contribution in [2.75, 3.05) is 18.5 Å². The SMILES string of the molecule is CCOc1cc(Br)c(/C=C(/C#N)C(=O)Nc2cccc(Cl)c2Cl)cc1OCC. The van der Waals surface area contributed by atoms with Gasteiger partial charge in [-0.25, -0.2) is 0 Å². The minimum absolute atomic E-state index is 0.108. The molecular formula is C20H17BrCl2N2O3. The zero-order valence-corrected chi connectivity index (χ0v) is 18.3. The molecule has 5 nitrogen and oxygen atoms in total. The molecule has 0 aliphatic heterocycles. The summed E-state index contributed by atoms with van der Waals surface area (Å²) in [6.07, 6.45) is 1.45. The Morgan fingerprint density at radius 3 is 2.46 bits per heavy atom. The molecule has 0 saturated heterocycles. The molecule has 0 aromatic heterocycles. The van der Waals surface area contributed by atoms with E-state index in [1.54, 1.807) is 30.3 Å². The molecule has 0 bridgehead atoms. The molecule has 2 aromatic rings. The third-order valence-electron chi connectivity index (χ3n) is 3.53. The number of anilines is 1. The van der Waals surface area contributed by atoms with Crippen LogP contribution in [0.2, 0.25) is 10.0 Å². The average molecular weight is 484 g/mol. The van der Waals surface area contributed by atoms with Crippen LogP contribution in [0.4, 0.5) is 5.69 Å². The highest BCUT2D eigenvalue weighted by Gasteiger charge is 2.15. The fourth-order valence-electron chi connectivity index (χ4n) is 2.29. The van der Waals surface area contributed by atoms with Crippen molar-refractivity contribution in [2.24, 2.45) is 0 Å². The first-order valence-corrected chi connectivity index (χ1v) is 9.92. The molecule has 0 aliphatic rings. The summed E-state index contributed by atoms with van der Waals surface area (Å²) in [5.74, 6) is 0.488. The van der Waals surface area contributed by atoms with Gasteiger partial charge in [0.25, 0.3) is 5.91 Å². The largest absolute Gasteiger partial charge is 0.490 e. The lowest BCUT2D eigenvalue weighted by Crippen LogP contribution is -2.13.